The number of aryl methyl sites for hydroxylation is 5. The first-order chi connectivity index (χ1) is 35.4. The minimum absolute atomic E-state index is 1.18. The van der Waals surface area contributed by atoms with Gasteiger partial charge in [-0.1, -0.05) is 207 Å². The van der Waals surface area contributed by atoms with Crippen molar-refractivity contribution in [2.45, 2.75) is 265 Å². The van der Waals surface area contributed by atoms with Crippen LogP contribution in [0.2, 0.25) is 0 Å². The average Bonchev–Trinajstić information content (AvgIpc) is 4.25. The van der Waals surface area contributed by atoms with Gasteiger partial charge in [-0.3, -0.25) is 0 Å². The zero-order valence-corrected chi connectivity index (χ0v) is 51.9. The molecule has 6 heterocycles. The highest BCUT2D eigenvalue weighted by atomic mass is 32.2. The highest BCUT2D eigenvalue weighted by molar-refractivity contribution is 7.99. The van der Waals surface area contributed by atoms with Crippen molar-refractivity contribution in [1.82, 2.24) is 0 Å². The van der Waals surface area contributed by atoms with Crippen LogP contribution in [0.5, 0.6) is 0 Å². The van der Waals surface area contributed by atoms with E-state index in [9.17, 15) is 0 Å². The van der Waals surface area contributed by atoms with Gasteiger partial charge in [0.05, 0.1) is 4.88 Å². The van der Waals surface area contributed by atoms with Crippen LogP contribution in [-0.4, -0.2) is 5.75 Å². The van der Waals surface area contributed by atoms with Crippen molar-refractivity contribution < 1.29 is 0 Å². The molecule has 0 fully saturated rings. The Balaban J connectivity index is 1.08. The molecule has 6 aromatic rings. The van der Waals surface area contributed by atoms with E-state index in [2.05, 4.69) is 113 Å². The van der Waals surface area contributed by atoms with Gasteiger partial charge in [-0.2, -0.15) is 0 Å². The Hall–Kier alpha value is -1.45. The Morgan fingerprint density at radius 3 is 1.15 bits per heavy atom. The predicted molar refractivity (Wildman–Crippen MR) is 338 cm³/mol. The number of thioether (sulfide) groups is 1. The molecule has 7 heteroatoms. The van der Waals surface area contributed by atoms with Gasteiger partial charge in [-0.05, 0) is 124 Å². The van der Waals surface area contributed by atoms with Gasteiger partial charge in [-0.15, -0.1) is 79.8 Å². The molecule has 0 radical (unpaired) electrons. The van der Waals surface area contributed by atoms with E-state index in [1.165, 1.54) is 293 Å². The first-order valence-electron chi connectivity index (χ1n) is 29.7. The maximum atomic E-state index is 2.60. The van der Waals surface area contributed by atoms with E-state index in [1.807, 2.05) is 56.7 Å². The van der Waals surface area contributed by atoms with Gasteiger partial charge in [-0.25, -0.2) is 0 Å². The molecule has 72 heavy (non-hydrogen) atoms. The second kappa shape index (κ2) is 35.1. The fourth-order valence-corrected chi connectivity index (χ4v) is 18.9. The SMILES string of the molecule is CCCCCCCCCCCCCCSc1cc(C)sc1-c1sc(-c2cc(CCCCCCCCCCCC)c(-c3ccc(-c4ccc(-c5sc(C)cc5CCCCCCCCCCCC)s4)s3)s2)cc1C. The van der Waals surface area contributed by atoms with E-state index in [4.69, 9.17) is 0 Å². The van der Waals surface area contributed by atoms with Gasteiger partial charge < -0.3 is 0 Å². The fourth-order valence-electron chi connectivity index (χ4n) is 10.4. The summed E-state index contributed by atoms with van der Waals surface area (Å²) in [6, 6.07) is 19.8. The largest absolute Gasteiger partial charge is 0.139 e. The van der Waals surface area contributed by atoms with Crippen LogP contribution in [0.1, 0.15) is 253 Å². The summed E-state index contributed by atoms with van der Waals surface area (Å²) in [6.07, 6.45) is 47.1. The van der Waals surface area contributed by atoms with E-state index < -0.39 is 0 Å². The Labute approximate surface area is 470 Å². The zero-order valence-electron chi connectivity index (χ0n) is 46.2. The molecule has 0 aliphatic heterocycles. The average molecular weight is 1100 g/mol. The number of rotatable bonds is 41. The smallest absolute Gasteiger partial charge is 0.0584 e. The van der Waals surface area contributed by atoms with E-state index >= 15 is 0 Å². The van der Waals surface area contributed by atoms with Crippen LogP contribution < -0.4 is 0 Å². The van der Waals surface area contributed by atoms with Crippen LogP contribution in [0, 0.1) is 20.8 Å². The summed E-state index contributed by atoms with van der Waals surface area (Å²) in [7, 11) is 0. The number of thiophene rings is 6. The number of hydrogen-bond donors (Lipinski definition) is 0. The second-order valence-corrected chi connectivity index (χ2v) is 29.2. The molecule has 0 spiro atoms. The molecule has 0 nitrogen and oxygen atoms in total. The lowest BCUT2D eigenvalue weighted by Crippen LogP contribution is -1.86. The maximum absolute atomic E-state index is 2.60. The van der Waals surface area contributed by atoms with E-state index in [1.54, 1.807) is 11.1 Å². The van der Waals surface area contributed by atoms with Crippen LogP contribution in [0.15, 0.2) is 53.4 Å². The summed E-state index contributed by atoms with van der Waals surface area (Å²) in [5.74, 6) is 1.23. The Morgan fingerprint density at radius 1 is 0.306 bits per heavy atom. The van der Waals surface area contributed by atoms with Gasteiger partial charge in [0.25, 0.3) is 0 Å². The topological polar surface area (TPSA) is 0 Å². The Kier molecular flexibility index (Phi) is 29.1. The van der Waals surface area contributed by atoms with Crippen molar-refractivity contribution in [2.24, 2.45) is 0 Å². The van der Waals surface area contributed by atoms with Gasteiger partial charge >= 0.3 is 0 Å². The molecule has 0 unspecified atom stereocenters. The molecule has 0 bridgehead atoms. The third-order valence-corrected chi connectivity index (χ3v) is 23.6. The minimum atomic E-state index is 1.18. The molecule has 0 amide bonds. The number of unbranched alkanes of at least 4 members (excludes halogenated alkanes) is 29. The molecular formula is C65H96S7. The Morgan fingerprint density at radius 2 is 0.667 bits per heavy atom. The molecule has 0 aliphatic carbocycles. The molecule has 0 saturated heterocycles. The minimum Gasteiger partial charge on any atom is -0.139 e. The molecule has 6 rings (SSSR count). The van der Waals surface area contributed by atoms with Crippen LogP contribution in [0.3, 0.4) is 0 Å². The maximum Gasteiger partial charge on any atom is 0.0584 e. The number of hydrogen-bond acceptors (Lipinski definition) is 7. The van der Waals surface area contributed by atoms with E-state index in [-0.39, 0.29) is 0 Å². The monoisotopic (exact) mass is 1100 g/mol. The molecule has 0 saturated carbocycles. The molecule has 0 aromatic carbocycles. The summed E-state index contributed by atoms with van der Waals surface area (Å²) < 4.78 is 0. The van der Waals surface area contributed by atoms with Crippen molar-refractivity contribution in [1.29, 1.82) is 0 Å². The molecule has 0 aliphatic rings. The summed E-state index contributed by atoms with van der Waals surface area (Å²) >= 11 is 14.3. The molecular weight excluding hydrogens is 1010 g/mol. The van der Waals surface area contributed by atoms with Crippen LogP contribution in [-0.2, 0) is 12.8 Å². The predicted octanol–water partition coefficient (Wildman–Crippen LogP) is 26.0. The van der Waals surface area contributed by atoms with Crippen molar-refractivity contribution in [2.75, 3.05) is 5.75 Å². The highest BCUT2D eigenvalue weighted by Crippen LogP contribution is 2.50. The lowest BCUT2D eigenvalue weighted by atomic mass is 10.0. The normalized spacial score (nSPS) is 11.8. The fraction of sp³-hybridized carbons (Fsp3) is 0.631. The third kappa shape index (κ3) is 20.5. The van der Waals surface area contributed by atoms with Crippen LogP contribution in [0.25, 0.3) is 48.8 Å². The highest BCUT2D eigenvalue weighted by Gasteiger charge is 2.21. The van der Waals surface area contributed by atoms with Crippen molar-refractivity contribution in [3.8, 4) is 48.8 Å². The summed E-state index contributed by atoms with van der Waals surface area (Å²) in [6.45, 7) is 13.9. The first-order valence-corrected chi connectivity index (χ1v) is 35.5. The molecule has 0 atom stereocenters. The van der Waals surface area contributed by atoms with Gasteiger partial charge in [0, 0.05) is 58.5 Å². The van der Waals surface area contributed by atoms with E-state index in [0.29, 0.717) is 0 Å². The van der Waals surface area contributed by atoms with Gasteiger partial charge in [0.1, 0.15) is 0 Å². The quantitative estimate of drug-likeness (QED) is 0.0272. The van der Waals surface area contributed by atoms with Crippen LogP contribution >= 0.6 is 79.8 Å². The Bertz CT molecular complexity index is 2330. The van der Waals surface area contributed by atoms with Crippen molar-refractivity contribution >= 4 is 79.8 Å². The third-order valence-electron chi connectivity index (χ3n) is 14.7. The summed E-state index contributed by atoms with van der Waals surface area (Å²) in [5.41, 5.74) is 4.58. The van der Waals surface area contributed by atoms with Gasteiger partial charge in [0.2, 0.25) is 0 Å². The molecule has 0 N–H and O–H groups in total. The van der Waals surface area contributed by atoms with Gasteiger partial charge in [0.15, 0.2) is 0 Å². The summed E-state index contributed by atoms with van der Waals surface area (Å²) in [4.78, 5) is 19.1. The second-order valence-electron chi connectivity index (χ2n) is 21.3. The molecule has 398 valence electrons. The van der Waals surface area contributed by atoms with E-state index in [0.717, 1.165) is 0 Å². The van der Waals surface area contributed by atoms with Crippen LogP contribution in [0.4, 0.5) is 0 Å². The standard InChI is InChI=1S/C65H96S7/c1-7-10-13-16-19-22-25-26-29-32-35-38-45-66-61-48-52(6)68-65(61)62-50(4)46-59(71-62)60-49-54(40-37-34-31-28-24-21-18-15-12-9-3)64(72-60)58-44-42-56(70-58)55-41-43-57(69-55)63-53(47-51(5)67-63)39-36-33-30-27-23-20-17-14-11-8-2/h41-44,46-49H,7-40,45H2,1-6H3. The lowest BCUT2D eigenvalue weighted by Gasteiger charge is -2.05. The first kappa shape index (κ1) is 59.8. The molecule has 6 aromatic heterocycles. The van der Waals surface area contributed by atoms with Crippen molar-refractivity contribution in [3.05, 3.63) is 75.0 Å². The zero-order chi connectivity index (χ0) is 50.6. The summed E-state index contributed by atoms with van der Waals surface area (Å²) in [5, 5.41) is 0. The lowest BCUT2D eigenvalue weighted by molar-refractivity contribution is 0.548. The van der Waals surface area contributed by atoms with Crippen molar-refractivity contribution in [3.63, 3.8) is 0 Å².